The van der Waals surface area contributed by atoms with E-state index in [1.807, 2.05) is 36.2 Å². The Morgan fingerprint density at radius 2 is 2.08 bits per heavy atom. The van der Waals surface area contributed by atoms with Crippen molar-refractivity contribution in [3.05, 3.63) is 53.8 Å². The number of ether oxygens (including phenoxy) is 2. The van der Waals surface area contributed by atoms with E-state index in [4.69, 9.17) is 9.47 Å². The predicted octanol–water partition coefficient (Wildman–Crippen LogP) is 2.74. The molecule has 0 bridgehead atoms. The van der Waals surface area contributed by atoms with Crippen molar-refractivity contribution >= 4 is 11.6 Å². The van der Waals surface area contributed by atoms with Crippen molar-refractivity contribution in [1.29, 1.82) is 0 Å². The quantitative estimate of drug-likeness (QED) is 0.906. The molecular formula is C19H21FN2O3. The molecule has 6 heteroatoms. The molecule has 2 aromatic carbocycles. The Labute approximate surface area is 146 Å². The van der Waals surface area contributed by atoms with Crippen LogP contribution in [0.15, 0.2) is 42.5 Å². The number of hydrogen-bond acceptors (Lipinski definition) is 4. The first kappa shape index (κ1) is 17.1. The molecule has 1 unspecified atom stereocenters. The minimum atomic E-state index is -0.331. The number of carbonyl (C=O) groups is 1. The molecule has 0 aromatic heterocycles. The zero-order valence-electron chi connectivity index (χ0n) is 14.3. The van der Waals surface area contributed by atoms with E-state index in [2.05, 4.69) is 5.32 Å². The van der Waals surface area contributed by atoms with Crippen LogP contribution in [0.3, 0.4) is 0 Å². The first-order valence-corrected chi connectivity index (χ1v) is 8.11. The summed E-state index contributed by atoms with van der Waals surface area (Å²) >= 11 is 0. The maximum absolute atomic E-state index is 13.3. The fourth-order valence-corrected chi connectivity index (χ4v) is 2.82. The zero-order valence-corrected chi connectivity index (χ0v) is 14.3. The SMILES string of the molecule is COc1ccc(CNC(=O)CC2COc3cc(F)ccc3N2C)cc1. The van der Waals surface area contributed by atoms with Crippen LogP contribution in [0.25, 0.3) is 0 Å². The van der Waals surface area contributed by atoms with E-state index in [0.717, 1.165) is 17.0 Å². The molecule has 0 radical (unpaired) electrons. The van der Waals surface area contributed by atoms with Gasteiger partial charge in [0.05, 0.1) is 25.3 Å². The minimum absolute atomic E-state index is 0.0539. The van der Waals surface area contributed by atoms with Crippen LogP contribution in [0.1, 0.15) is 12.0 Å². The van der Waals surface area contributed by atoms with Gasteiger partial charge in [-0.3, -0.25) is 4.79 Å². The number of nitrogens with zero attached hydrogens (tertiary/aromatic N) is 1. The molecule has 1 atom stereocenters. The molecule has 0 aliphatic carbocycles. The van der Waals surface area contributed by atoms with E-state index in [1.54, 1.807) is 13.2 Å². The summed E-state index contributed by atoms with van der Waals surface area (Å²) in [6, 6.07) is 11.9. The Bertz CT molecular complexity index is 749. The van der Waals surface area contributed by atoms with E-state index < -0.39 is 0 Å². The number of hydrogen-bond donors (Lipinski definition) is 1. The summed E-state index contributed by atoms with van der Waals surface area (Å²) in [4.78, 5) is 14.2. The van der Waals surface area contributed by atoms with E-state index >= 15 is 0 Å². The normalized spacial score (nSPS) is 16.0. The number of methoxy groups -OCH3 is 1. The number of halogens is 1. The minimum Gasteiger partial charge on any atom is -0.497 e. The third-order valence-corrected chi connectivity index (χ3v) is 4.35. The number of benzene rings is 2. The van der Waals surface area contributed by atoms with Gasteiger partial charge in [-0.2, -0.15) is 0 Å². The van der Waals surface area contributed by atoms with Crippen molar-refractivity contribution in [1.82, 2.24) is 5.32 Å². The van der Waals surface area contributed by atoms with Crippen molar-refractivity contribution < 1.29 is 18.7 Å². The summed E-state index contributed by atoms with van der Waals surface area (Å²) in [6.45, 7) is 0.810. The molecular weight excluding hydrogens is 323 g/mol. The number of nitrogens with one attached hydrogen (secondary N) is 1. The lowest BCUT2D eigenvalue weighted by Crippen LogP contribution is -2.43. The van der Waals surface area contributed by atoms with Gasteiger partial charge in [0.2, 0.25) is 5.91 Å². The van der Waals surface area contributed by atoms with Crippen LogP contribution in [0.5, 0.6) is 11.5 Å². The summed E-state index contributed by atoms with van der Waals surface area (Å²) in [5.74, 6) is 0.910. The van der Waals surface area contributed by atoms with Gasteiger partial charge in [0.15, 0.2) is 0 Å². The van der Waals surface area contributed by atoms with Gasteiger partial charge in [-0.1, -0.05) is 12.1 Å². The van der Waals surface area contributed by atoms with E-state index in [1.165, 1.54) is 12.1 Å². The van der Waals surface area contributed by atoms with Crippen LogP contribution in [-0.2, 0) is 11.3 Å². The lowest BCUT2D eigenvalue weighted by molar-refractivity contribution is -0.121. The molecule has 0 saturated carbocycles. The van der Waals surface area contributed by atoms with E-state index in [9.17, 15) is 9.18 Å². The molecule has 0 saturated heterocycles. The van der Waals surface area contributed by atoms with Gasteiger partial charge >= 0.3 is 0 Å². The molecule has 0 spiro atoms. The standard InChI is InChI=1S/C19H21FN2O3/c1-22-15(12-25-18-9-14(20)5-8-17(18)22)10-19(23)21-11-13-3-6-16(24-2)7-4-13/h3-9,15H,10-12H2,1-2H3,(H,21,23). The average Bonchev–Trinajstić information content (AvgIpc) is 2.62. The second-order valence-corrected chi connectivity index (χ2v) is 6.02. The van der Waals surface area contributed by atoms with Gasteiger partial charge in [-0.25, -0.2) is 4.39 Å². The molecule has 0 fully saturated rings. The number of amides is 1. The van der Waals surface area contributed by atoms with Gasteiger partial charge in [-0.05, 0) is 29.8 Å². The predicted molar refractivity (Wildman–Crippen MR) is 93.5 cm³/mol. The summed E-state index contributed by atoms with van der Waals surface area (Å²) < 4.78 is 24.0. The summed E-state index contributed by atoms with van der Waals surface area (Å²) in [7, 11) is 3.51. The second kappa shape index (κ2) is 7.42. The fraction of sp³-hybridized carbons (Fsp3) is 0.316. The molecule has 25 heavy (non-hydrogen) atoms. The Morgan fingerprint density at radius 3 is 2.80 bits per heavy atom. The van der Waals surface area contributed by atoms with Crippen LogP contribution in [0.4, 0.5) is 10.1 Å². The average molecular weight is 344 g/mol. The van der Waals surface area contributed by atoms with Gasteiger partial charge in [0, 0.05) is 19.7 Å². The highest BCUT2D eigenvalue weighted by Gasteiger charge is 2.26. The molecule has 2 aromatic rings. The van der Waals surface area contributed by atoms with Crippen molar-refractivity contribution in [2.24, 2.45) is 0 Å². The molecule has 1 heterocycles. The zero-order chi connectivity index (χ0) is 17.8. The number of rotatable bonds is 5. The van der Waals surface area contributed by atoms with Crippen LogP contribution < -0.4 is 19.7 Å². The number of fused-ring (bicyclic) bond motifs is 1. The van der Waals surface area contributed by atoms with Gasteiger partial charge in [0.1, 0.15) is 23.9 Å². The highest BCUT2D eigenvalue weighted by molar-refractivity contribution is 5.77. The highest BCUT2D eigenvalue weighted by Crippen LogP contribution is 2.34. The molecule has 1 amide bonds. The van der Waals surface area contributed by atoms with Crippen LogP contribution in [0, 0.1) is 5.82 Å². The van der Waals surface area contributed by atoms with Crippen molar-refractivity contribution in [3.63, 3.8) is 0 Å². The Balaban J connectivity index is 1.55. The lowest BCUT2D eigenvalue weighted by atomic mass is 10.1. The molecule has 132 valence electrons. The van der Waals surface area contributed by atoms with Crippen LogP contribution in [-0.4, -0.2) is 32.7 Å². The van der Waals surface area contributed by atoms with Gasteiger partial charge in [-0.15, -0.1) is 0 Å². The van der Waals surface area contributed by atoms with Gasteiger partial charge in [0.25, 0.3) is 0 Å². The van der Waals surface area contributed by atoms with Crippen molar-refractivity contribution in [2.45, 2.75) is 19.0 Å². The number of anilines is 1. The molecule has 5 nitrogen and oxygen atoms in total. The summed E-state index contributed by atoms with van der Waals surface area (Å²) in [5.41, 5.74) is 1.80. The van der Waals surface area contributed by atoms with E-state index in [-0.39, 0.29) is 17.8 Å². The first-order valence-electron chi connectivity index (χ1n) is 8.11. The lowest BCUT2D eigenvalue weighted by Gasteiger charge is -2.35. The van der Waals surface area contributed by atoms with Crippen molar-refractivity contribution in [2.75, 3.05) is 25.7 Å². The van der Waals surface area contributed by atoms with Gasteiger partial charge < -0.3 is 19.7 Å². The summed E-state index contributed by atoms with van der Waals surface area (Å²) in [5, 5.41) is 2.92. The maximum Gasteiger partial charge on any atom is 0.222 e. The fourth-order valence-electron chi connectivity index (χ4n) is 2.82. The Hall–Kier alpha value is -2.76. The monoisotopic (exact) mass is 344 g/mol. The highest BCUT2D eigenvalue weighted by atomic mass is 19.1. The smallest absolute Gasteiger partial charge is 0.222 e. The van der Waals surface area contributed by atoms with E-state index in [0.29, 0.717) is 25.3 Å². The Kier molecular flexibility index (Phi) is 5.07. The van der Waals surface area contributed by atoms with Crippen LogP contribution >= 0.6 is 0 Å². The number of likely N-dealkylation sites (N-methyl/N-ethyl adjacent to an activating group) is 1. The topological polar surface area (TPSA) is 50.8 Å². The third kappa shape index (κ3) is 4.02. The third-order valence-electron chi connectivity index (χ3n) is 4.35. The number of carbonyl (C=O) groups excluding carboxylic acids is 1. The van der Waals surface area contributed by atoms with Crippen LogP contribution in [0.2, 0.25) is 0 Å². The molecule has 1 aliphatic heterocycles. The maximum atomic E-state index is 13.3. The largest absolute Gasteiger partial charge is 0.497 e. The second-order valence-electron chi connectivity index (χ2n) is 6.02. The first-order chi connectivity index (χ1) is 12.1. The molecule has 3 rings (SSSR count). The summed E-state index contributed by atoms with van der Waals surface area (Å²) in [6.07, 6.45) is 0.309. The molecule has 1 N–H and O–H groups in total. The van der Waals surface area contributed by atoms with Crippen molar-refractivity contribution in [3.8, 4) is 11.5 Å². The Morgan fingerprint density at radius 1 is 1.32 bits per heavy atom. The molecule has 1 aliphatic rings.